The van der Waals surface area contributed by atoms with Crippen molar-refractivity contribution in [2.75, 3.05) is 11.9 Å². The number of rotatable bonds is 12. The Labute approximate surface area is 228 Å². The Morgan fingerprint density at radius 2 is 2.08 bits per heavy atom. The van der Waals surface area contributed by atoms with Crippen LogP contribution < -0.4 is 10.6 Å². The summed E-state index contributed by atoms with van der Waals surface area (Å²) in [5, 5.41) is 17.1. The smallest absolute Gasteiger partial charge is 0.341 e. The van der Waals surface area contributed by atoms with Crippen molar-refractivity contribution >= 4 is 57.2 Å². The molecular formula is C25H31N5O4S3. The zero-order valence-corrected chi connectivity index (χ0v) is 23.6. The number of hydrogen-bond donors (Lipinski definition) is 2. The molecule has 0 aromatic carbocycles. The summed E-state index contributed by atoms with van der Waals surface area (Å²) in [4.78, 5) is 40.0. The molecule has 0 bridgehead atoms. The number of aryl methyl sites for hydroxylation is 1. The molecule has 1 aliphatic carbocycles. The summed E-state index contributed by atoms with van der Waals surface area (Å²) in [6.45, 7) is 6.91. The number of thioether (sulfide) groups is 1. The number of nitrogens with one attached hydrogen (secondary N) is 2. The molecule has 1 atom stereocenters. The van der Waals surface area contributed by atoms with Crippen molar-refractivity contribution in [3.05, 3.63) is 44.2 Å². The number of nitrogens with zero attached hydrogens (tertiary/aromatic N) is 3. The van der Waals surface area contributed by atoms with Gasteiger partial charge in [0.1, 0.15) is 5.00 Å². The second-order valence-electron chi connectivity index (χ2n) is 8.60. The molecule has 3 heterocycles. The Morgan fingerprint density at radius 3 is 2.81 bits per heavy atom. The zero-order valence-electron chi connectivity index (χ0n) is 21.2. The Morgan fingerprint density at radius 1 is 1.24 bits per heavy atom. The molecule has 0 radical (unpaired) electrons. The summed E-state index contributed by atoms with van der Waals surface area (Å²) in [5.74, 6) is -0.103. The Balaban J connectivity index is 1.45. The predicted octanol–water partition coefficient (Wildman–Crippen LogP) is 4.92. The summed E-state index contributed by atoms with van der Waals surface area (Å²) in [5.41, 5.74) is 1.51. The molecule has 2 N–H and O–H groups in total. The van der Waals surface area contributed by atoms with Crippen molar-refractivity contribution in [1.29, 1.82) is 0 Å². The summed E-state index contributed by atoms with van der Waals surface area (Å²) >= 11 is 4.16. The highest BCUT2D eigenvalue weighted by molar-refractivity contribution is 8.00. The molecule has 0 aliphatic heterocycles. The summed E-state index contributed by atoms with van der Waals surface area (Å²) < 4.78 is 7.24. The number of fused-ring (bicyclic) bond motifs is 1. The fourth-order valence-corrected chi connectivity index (χ4v) is 6.88. The van der Waals surface area contributed by atoms with Crippen LogP contribution in [0.3, 0.4) is 0 Å². The number of anilines is 1. The lowest BCUT2D eigenvalue weighted by molar-refractivity contribution is -0.115. The topological polar surface area (TPSA) is 115 Å². The molecule has 1 aliphatic rings. The second-order valence-corrected chi connectivity index (χ2v) is 12.0. The highest BCUT2D eigenvalue weighted by Gasteiger charge is 2.29. The van der Waals surface area contributed by atoms with Gasteiger partial charge in [-0.05, 0) is 56.5 Å². The first kappa shape index (κ1) is 27.3. The molecule has 198 valence electrons. The molecule has 2 amide bonds. The molecule has 0 saturated heterocycles. The number of hydrogen-bond acceptors (Lipinski definition) is 9. The number of carbonyl (C=O) groups is 3. The van der Waals surface area contributed by atoms with Crippen molar-refractivity contribution in [2.24, 2.45) is 0 Å². The summed E-state index contributed by atoms with van der Waals surface area (Å²) in [6.07, 6.45) is 4.66. The van der Waals surface area contributed by atoms with Crippen LogP contribution >= 0.6 is 34.4 Å². The minimum absolute atomic E-state index is 0.151. The molecule has 3 aromatic rings. The number of thiophene rings is 2. The molecule has 9 nitrogen and oxygen atoms in total. The van der Waals surface area contributed by atoms with Crippen LogP contribution in [0.15, 0.2) is 22.7 Å². The third-order valence-electron chi connectivity index (χ3n) is 5.97. The first-order valence-electron chi connectivity index (χ1n) is 12.5. The molecule has 37 heavy (non-hydrogen) atoms. The quantitative estimate of drug-likeness (QED) is 0.238. The highest BCUT2D eigenvalue weighted by Crippen LogP contribution is 2.40. The van der Waals surface area contributed by atoms with Gasteiger partial charge in [-0.25, -0.2) is 4.79 Å². The standard InChI is InChI=1S/C25H31N5O4S3/c1-4-6-12-30-19(14-26-22(32)18-11-8-13-35-18)28-29-25(30)36-15(3)21(31)27-23-20(24(33)34-5-2)16-9-7-10-17(16)37-23/h8,11,13,15H,4-7,9-10,12,14H2,1-3H3,(H,26,32)(H,27,31). The number of aromatic nitrogens is 3. The minimum Gasteiger partial charge on any atom is -0.462 e. The van der Waals surface area contributed by atoms with Gasteiger partial charge in [0.2, 0.25) is 5.91 Å². The SMILES string of the molecule is CCCCn1c(CNC(=O)c2cccs2)nnc1SC(C)C(=O)Nc1sc2c(c1C(=O)OCC)CCC2. The van der Waals surface area contributed by atoms with Gasteiger partial charge in [0.25, 0.3) is 5.91 Å². The maximum atomic E-state index is 13.2. The Kier molecular flexibility index (Phi) is 9.38. The van der Waals surface area contributed by atoms with E-state index in [0.717, 1.165) is 42.5 Å². The predicted molar refractivity (Wildman–Crippen MR) is 147 cm³/mol. The van der Waals surface area contributed by atoms with Gasteiger partial charge in [-0.3, -0.25) is 9.59 Å². The van der Waals surface area contributed by atoms with E-state index in [0.29, 0.717) is 33.0 Å². The minimum atomic E-state index is -0.481. The maximum Gasteiger partial charge on any atom is 0.341 e. The third-order valence-corrected chi connectivity index (χ3v) is 9.13. The first-order chi connectivity index (χ1) is 17.9. The largest absolute Gasteiger partial charge is 0.462 e. The van der Waals surface area contributed by atoms with E-state index in [1.165, 1.54) is 34.4 Å². The fourth-order valence-electron chi connectivity index (χ4n) is 4.07. The monoisotopic (exact) mass is 561 g/mol. The lowest BCUT2D eigenvalue weighted by atomic mass is 10.1. The average Bonchev–Trinajstić information content (AvgIpc) is 3.66. The van der Waals surface area contributed by atoms with Crippen molar-refractivity contribution in [3.8, 4) is 0 Å². The van der Waals surface area contributed by atoms with Crippen LogP contribution in [-0.4, -0.2) is 44.4 Å². The zero-order chi connectivity index (χ0) is 26.4. The number of unbranched alkanes of at least 4 members (excludes halogenated alkanes) is 1. The lowest BCUT2D eigenvalue weighted by Crippen LogP contribution is -2.25. The number of carbonyl (C=O) groups excluding carboxylic acids is 3. The maximum absolute atomic E-state index is 13.2. The van der Waals surface area contributed by atoms with Crippen molar-refractivity contribution < 1.29 is 19.1 Å². The van der Waals surface area contributed by atoms with E-state index >= 15 is 0 Å². The normalized spacial score (nSPS) is 13.3. The Bertz CT molecular complexity index is 1250. The number of amides is 2. The van der Waals surface area contributed by atoms with Crippen molar-refractivity contribution in [1.82, 2.24) is 20.1 Å². The first-order valence-corrected chi connectivity index (χ1v) is 15.0. The van der Waals surface area contributed by atoms with Gasteiger partial charge in [0.15, 0.2) is 11.0 Å². The van der Waals surface area contributed by atoms with Crippen LogP contribution in [0, 0.1) is 0 Å². The van der Waals surface area contributed by atoms with Gasteiger partial charge in [-0.2, -0.15) is 0 Å². The van der Waals surface area contributed by atoms with Crippen LogP contribution in [0.5, 0.6) is 0 Å². The molecule has 12 heteroatoms. The lowest BCUT2D eigenvalue weighted by Gasteiger charge is -2.14. The number of ether oxygens (including phenoxy) is 1. The Hall–Kier alpha value is -2.70. The van der Waals surface area contributed by atoms with Gasteiger partial charge in [-0.1, -0.05) is 31.2 Å². The second kappa shape index (κ2) is 12.7. The van der Waals surface area contributed by atoms with Gasteiger partial charge in [0.05, 0.1) is 28.8 Å². The van der Waals surface area contributed by atoms with E-state index < -0.39 is 5.25 Å². The fraction of sp³-hybridized carbons (Fsp3) is 0.480. The molecule has 3 aromatic heterocycles. The van der Waals surface area contributed by atoms with E-state index in [1.807, 2.05) is 22.9 Å². The van der Waals surface area contributed by atoms with Crippen LogP contribution in [-0.2, 0) is 35.5 Å². The van der Waals surface area contributed by atoms with E-state index in [1.54, 1.807) is 13.0 Å². The van der Waals surface area contributed by atoms with Crippen LogP contribution in [0.25, 0.3) is 0 Å². The van der Waals surface area contributed by atoms with E-state index in [4.69, 9.17) is 4.74 Å². The van der Waals surface area contributed by atoms with Crippen LogP contribution in [0.4, 0.5) is 5.00 Å². The number of esters is 1. The third kappa shape index (κ3) is 6.42. The van der Waals surface area contributed by atoms with Gasteiger partial charge < -0.3 is 19.9 Å². The molecule has 0 spiro atoms. The van der Waals surface area contributed by atoms with E-state index in [-0.39, 0.29) is 30.9 Å². The van der Waals surface area contributed by atoms with Crippen LogP contribution in [0.1, 0.15) is 76.3 Å². The molecule has 1 unspecified atom stereocenters. The van der Waals surface area contributed by atoms with Crippen molar-refractivity contribution in [3.63, 3.8) is 0 Å². The molecule has 0 saturated carbocycles. The van der Waals surface area contributed by atoms with Gasteiger partial charge in [0, 0.05) is 11.4 Å². The van der Waals surface area contributed by atoms with E-state index in [9.17, 15) is 14.4 Å². The van der Waals surface area contributed by atoms with Gasteiger partial charge in [-0.15, -0.1) is 32.9 Å². The molecule has 0 fully saturated rings. The summed E-state index contributed by atoms with van der Waals surface area (Å²) in [7, 11) is 0. The molecular weight excluding hydrogens is 531 g/mol. The van der Waals surface area contributed by atoms with Crippen LogP contribution in [0.2, 0.25) is 0 Å². The summed E-state index contributed by atoms with van der Waals surface area (Å²) in [6, 6.07) is 3.61. The van der Waals surface area contributed by atoms with Gasteiger partial charge >= 0.3 is 5.97 Å². The van der Waals surface area contributed by atoms with E-state index in [2.05, 4.69) is 27.8 Å². The highest BCUT2D eigenvalue weighted by atomic mass is 32.2. The molecule has 4 rings (SSSR count). The van der Waals surface area contributed by atoms with Crippen molar-refractivity contribution in [2.45, 2.75) is 76.4 Å². The average molecular weight is 562 g/mol.